The summed E-state index contributed by atoms with van der Waals surface area (Å²) in [5.74, 6) is -4.23. The number of aromatic nitrogens is 2. The second kappa shape index (κ2) is 8.41. The number of nitrogens with one attached hydrogen (secondary N) is 2. The fraction of sp³-hybridized carbons (Fsp3) is 0.421. The van der Waals surface area contributed by atoms with Crippen molar-refractivity contribution < 1.29 is 30.8 Å². The van der Waals surface area contributed by atoms with E-state index < -0.39 is 45.0 Å². The number of amides is 1. The van der Waals surface area contributed by atoms with Crippen LogP contribution in [0.15, 0.2) is 40.4 Å². The first-order valence-electron chi connectivity index (χ1n) is 9.93. The predicted octanol–water partition coefficient (Wildman–Crippen LogP) is 2.24. The first-order chi connectivity index (χ1) is 15.5. The summed E-state index contributed by atoms with van der Waals surface area (Å²) in [5.41, 5.74) is 5.81. The number of nitrogens with two attached hydrogens (primary N) is 1. The minimum absolute atomic E-state index is 0.0491. The Morgan fingerprint density at radius 2 is 1.94 bits per heavy atom. The number of aliphatic imine (C=N–C) groups is 1. The number of hydrogen-bond acceptors (Lipinski definition) is 7. The fourth-order valence-corrected chi connectivity index (χ4v) is 4.57. The quantitative estimate of drug-likeness (QED) is 0.464. The molecule has 1 amide bonds. The Labute approximate surface area is 186 Å². The van der Waals surface area contributed by atoms with E-state index in [0.29, 0.717) is 24.9 Å². The van der Waals surface area contributed by atoms with Crippen molar-refractivity contribution in [3.8, 4) is 0 Å². The molecule has 1 unspecified atom stereocenters. The van der Waals surface area contributed by atoms with E-state index in [-0.39, 0.29) is 17.4 Å². The maximum atomic E-state index is 12.7. The van der Waals surface area contributed by atoms with Crippen molar-refractivity contribution in [3.05, 3.63) is 36.0 Å². The first-order valence-corrected chi connectivity index (χ1v) is 11.5. The highest BCUT2D eigenvalue weighted by atomic mass is 32.2. The van der Waals surface area contributed by atoms with Gasteiger partial charge in [0.15, 0.2) is 11.5 Å². The van der Waals surface area contributed by atoms with Crippen molar-refractivity contribution in [3.63, 3.8) is 0 Å². The van der Waals surface area contributed by atoms with E-state index in [4.69, 9.17) is 5.73 Å². The molecule has 1 fully saturated rings. The van der Waals surface area contributed by atoms with Gasteiger partial charge < -0.3 is 16.4 Å². The number of anilines is 2. The van der Waals surface area contributed by atoms with Crippen molar-refractivity contribution in [1.82, 2.24) is 15.1 Å². The number of hydrogen-bond donors (Lipinski definition) is 3. The number of primary amides is 1. The van der Waals surface area contributed by atoms with Crippen LogP contribution in [0.25, 0.3) is 0 Å². The number of nitrogens with zero attached hydrogens (tertiary/aromatic N) is 3. The highest BCUT2D eigenvalue weighted by Crippen LogP contribution is 2.45. The largest absolute Gasteiger partial charge is 0.365 e. The summed E-state index contributed by atoms with van der Waals surface area (Å²) in [4.78, 5) is 15.9. The van der Waals surface area contributed by atoms with Gasteiger partial charge in [-0.3, -0.25) is 9.79 Å². The molecule has 0 bridgehead atoms. The van der Waals surface area contributed by atoms with E-state index in [1.165, 1.54) is 23.0 Å². The topological polar surface area (TPSA) is 131 Å². The Morgan fingerprint density at radius 1 is 1.24 bits per heavy atom. The summed E-state index contributed by atoms with van der Waals surface area (Å²) in [6, 6.07) is 4.42. The highest BCUT2D eigenvalue weighted by Gasteiger charge is 2.53. The zero-order valence-corrected chi connectivity index (χ0v) is 17.8. The first kappa shape index (κ1) is 23.2. The van der Waals surface area contributed by atoms with Crippen LogP contribution in [0, 0.1) is 0 Å². The van der Waals surface area contributed by atoms with Crippen LogP contribution in [-0.4, -0.2) is 54.6 Å². The van der Waals surface area contributed by atoms with Gasteiger partial charge in [-0.15, -0.1) is 0 Å². The smallest absolute Gasteiger partial charge is 0.341 e. The number of alkyl halides is 4. The van der Waals surface area contributed by atoms with Crippen molar-refractivity contribution in [2.45, 2.75) is 48.0 Å². The standard InChI is InChI=1S/C19H20F4N6O3S/c20-15(21)8-25-11-5-6-19(14(7-11)27-19)29-9-13(16(24)30)17(28-29)26-10-1-3-12(4-2-10)33(31,32)18(22)23/h1-4,9,11,15,18,25H,5-8H2,(H2,24,30)(H,26,28)/t11?,19-/m0/s1. The molecule has 2 aromatic rings. The summed E-state index contributed by atoms with van der Waals surface area (Å²) in [5, 5.41) is 10.0. The molecule has 1 aliphatic heterocycles. The average molecular weight is 488 g/mol. The van der Waals surface area contributed by atoms with Crippen LogP contribution in [-0.2, 0) is 15.5 Å². The van der Waals surface area contributed by atoms with E-state index in [2.05, 4.69) is 20.7 Å². The molecule has 178 valence electrons. The molecule has 4 rings (SSSR count). The maximum absolute atomic E-state index is 12.7. The number of benzene rings is 1. The van der Waals surface area contributed by atoms with Gasteiger partial charge in [0, 0.05) is 24.3 Å². The van der Waals surface area contributed by atoms with Gasteiger partial charge in [0.25, 0.3) is 12.3 Å². The number of sulfone groups is 1. The summed E-state index contributed by atoms with van der Waals surface area (Å²) >= 11 is 0. The van der Waals surface area contributed by atoms with Gasteiger partial charge in [-0.1, -0.05) is 0 Å². The SMILES string of the molecule is NC(=O)c1cn([C@@]23CCC(NCC(F)F)CC2=N3)nc1Nc1ccc(S(=O)(=O)C(F)F)cc1. The average Bonchev–Trinajstić information content (AvgIpc) is 3.34. The molecule has 1 aromatic carbocycles. The third kappa shape index (κ3) is 4.44. The maximum Gasteiger partial charge on any atom is 0.341 e. The lowest BCUT2D eigenvalue weighted by Gasteiger charge is -2.27. The van der Waals surface area contributed by atoms with Crippen LogP contribution < -0.4 is 16.4 Å². The van der Waals surface area contributed by atoms with Crippen LogP contribution in [0.3, 0.4) is 0 Å². The van der Waals surface area contributed by atoms with E-state index in [1.807, 2.05) is 0 Å². The molecular weight excluding hydrogens is 468 g/mol. The molecule has 0 spiro atoms. The van der Waals surface area contributed by atoms with Gasteiger partial charge in [0.2, 0.25) is 9.84 Å². The minimum atomic E-state index is -4.73. The van der Waals surface area contributed by atoms with Crippen LogP contribution >= 0.6 is 0 Å². The van der Waals surface area contributed by atoms with Crippen LogP contribution in [0.5, 0.6) is 0 Å². The van der Waals surface area contributed by atoms with E-state index in [0.717, 1.165) is 17.8 Å². The summed E-state index contributed by atoms with van der Waals surface area (Å²) in [6.45, 7) is -0.399. The number of rotatable bonds is 9. The lowest BCUT2D eigenvalue weighted by atomic mass is 9.90. The molecule has 9 nitrogen and oxygen atoms in total. The summed E-state index contributed by atoms with van der Waals surface area (Å²) in [7, 11) is -4.73. The van der Waals surface area contributed by atoms with Crippen molar-refractivity contribution >= 4 is 33.0 Å². The van der Waals surface area contributed by atoms with Gasteiger partial charge in [0.1, 0.15) is 5.56 Å². The number of carbonyl (C=O) groups excluding carboxylic acids is 1. The van der Waals surface area contributed by atoms with Crippen LogP contribution in [0.2, 0.25) is 0 Å². The molecule has 0 saturated heterocycles. The molecule has 1 saturated carbocycles. The second-order valence-corrected chi connectivity index (χ2v) is 9.69. The molecule has 2 heterocycles. The van der Waals surface area contributed by atoms with Gasteiger partial charge in [-0.25, -0.2) is 21.9 Å². The Hall–Kier alpha value is -3.00. The monoisotopic (exact) mass is 488 g/mol. The van der Waals surface area contributed by atoms with Gasteiger partial charge in [0.05, 0.1) is 17.2 Å². The van der Waals surface area contributed by atoms with Crippen molar-refractivity contribution in [2.24, 2.45) is 10.7 Å². The Balaban J connectivity index is 1.51. The molecule has 2 atom stereocenters. The van der Waals surface area contributed by atoms with Gasteiger partial charge in [-0.05, 0) is 37.1 Å². The van der Waals surface area contributed by atoms with Crippen LogP contribution in [0.4, 0.5) is 29.1 Å². The van der Waals surface area contributed by atoms with Gasteiger partial charge >= 0.3 is 5.76 Å². The van der Waals surface area contributed by atoms with Gasteiger partial charge in [-0.2, -0.15) is 13.9 Å². The van der Waals surface area contributed by atoms with Crippen LogP contribution in [0.1, 0.15) is 29.6 Å². The highest BCUT2D eigenvalue weighted by molar-refractivity contribution is 7.91. The lowest BCUT2D eigenvalue weighted by Crippen LogP contribution is -2.41. The third-order valence-corrected chi connectivity index (χ3v) is 7.01. The van der Waals surface area contributed by atoms with E-state index in [1.54, 1.807) is 0 Å². The van der Waals surface area contributed by atoms with Crippen molar-refractivity contribution in [2.75, 3.05) is 11.9 Å². The molecular formula is C19H20F4N6O3S. The molecule has 4 N–H and O–H groups in total. The number of halogens is 4. The lowest BCUT2D eigenvalue weighted by molar-refractivity contribution is 0.100. The summed E-state index contributed by atoms with van der Waals surface area (Å²) in [6.07, 6.45) is 0.544. The molecule has 14 heteroatoms. The number of fused-ring (bicyclic) bond motifs is 1. The van der Waals surface area contributed by atoms with Crippen molar-refractivity contribution in [1.29, 1.82) is 0 Å². The molecule has 1 aromatic heterocycles. The molecule has 0 radical (unpaired) electrons. The number of carbonyl (C=O) groups is 1. The zero-order chi connectivity index (χ0) is 24.0. The molecule has 1 aliphatic carbocycles. The zero-order valence-electron chi connectivity index (χ0n) is 17.0. The normalized spacial score (nSPS) is 22.2. The fourth-order valence-electron chi connectivity index (χ4n) is 3.85. The third-order valence-electron chi connectivity index (χ3n) is 5.61. The van der Waals surface area contributed by atoms with E-state index >= 15 is 0 Å². The molecule has 33 heavy (non-hydrogen) atoms. The Morgan fingerprint density at radius 3 is 2.52 bits per heavy atom. The summed E-state index contributed by atoms with van der Waals surface area (Å²) < 4.78 is 74.9. The molecule has 2 aliphatic rings. The van der Waals surface area contributed by atoms with E-state index in [9.17, 15) is 30.8 Å². The predicted molar refractivity (Wildman–Crippen MR) is 111 cm³/mol. The minimum Gasteiger partial charge on any atom is -0.365 e. The Kier molecular flexibility index (Phi) is 5.90. The Bertz CT molecular complexity index is 1200. The second-order valence-electron chi connectivity index (χ2n) is 7.77.